The number of ketones is 1. The van der Waals surface area contributed by atoms with Crippen molar-refractivity contribution in [1.82, 2.24) is 4.90 Å². The van der Waals surface area contributed by atoms with Crippen molar-refractivity contribution in [2.24, 2.45) is 0 Å². The molecule has 6 nitrogen and oxygen atoms in total. The van der Waals surface area contributed by atoms with Gasteiger partial charge in [-0.15, -0.1) is 0 Å². The summed E-state index contributed by atoms with van der Waals surface area (Å²) in [5.74, 6) is -0.106. The third-order valence-corrected chi connectivity index (χ3v) is 6.67. The Morgan fingerprint density at radius 2 is 1.83 bits per heavy atom. The van der Waals surface area contributed by atoms with E-state index in [-0.39, 0.29) is 17.9 Å². The van der Waals surface area contributed by atoms with Gasteiger partial charge in [-0.1, -0.05) is 35.9 Å². The number of likely N-dealkylation sites (tertiary alicyclic amines) is 1. The van der Waals surface area contributed by atoms with Crippen LogP contribution in [0, 0.1) is 0 Å². The van der Waals surface area contributed by atoms with E-state index in [1.807, 2.05) is 18.2 Å². The fourth-order valence-corrected chi connectivity index (χ4v) is 4.75. The predicted octanol–water partition coefficient (Wildman–Crippen LogP) is 5.30. The van der Waals surface area contributed by atoms with Gasteiger partial charge in [0.05, 0.1) is 25.3 Å². The first kappa shape index (κ1) is 23.0. The number of aliphatic hydroxyl groups excluding tert-OH is 1. The Kier molecular flexibility index (Phi) is 6.22. The van der Waals surface area contributed by atoms with Gasteiger partial charge in [-0.2, -0.15) is 0 Å². The van der Waals surface area contributed by atoms with Crippen LogP contribution in [0.1, 0.15) is 34.7 Å². The van der Waals surface area contributed by atoms with Gasteiger partial charge >= 0.3 is 0 Å². The van der Waals surface area contributed by atoms with Crippen LogP contribution < -0.4 is 9.47 Å². The fourth-order valence-electron chi connectivity index (χ4n) is 4.63. The highest BCUT2D eigenvalue weighted by Crippen LogP contribution is 2.41. The molecule has 7 heteroatoms. The summed E-state index contributed by atoms with van der Waals surface area (Å²) in [6.45, 7) is 0.849. The maximum Gasteiger partial charge on any atom is 0.295 e. The molecule has 1 unspecified atom stereocenters. The molecule has 0 spiro atoms. The molecule has 3 aromatic carbocycles. The second-order valence-corrected chi connectivity index (χ2v) is 9.04. The Bertz CT molecular complexity index is 1310. The van der Waals surface area contributed by atoms with Gasteiger partial charge in [0, 0.05) is 17.1 Å². The van der Waals surface area contributed by atoms with Crippen molar-refractivity contribution in [3.05, 3.63) is 99.6 Å². The highest BCUT2D eigenvalue weighted by molar-refractivity contribution is 6.46. The van der Waals surface area contributed by atoms with Gasteiger partial charge in [0.1, 0.15) is 17.3 Å². The van der Waals surface area contributed by atoms with Crippen molar-refractivity contribution >= 4 is 29.1 Å². The third kappa shape index (κ3) is 4.37. The molecule has 1 N–H and O–H groups in total. The van der Waals surface area contributed by atoms with Crippen LogP contribution >= 0.6 is 11.6 Å². The summed E-state index contributed by atoms with van der Waals surface area (Å²) >= 11 is 6.10. The van der Waals surface area contributed by atoms with Gasteiger partial charge in [-0.05, 0) is 72.0 Å². The first-order chi connectivity index (χ1) is 17.0. The summed E-state index contributed by atoms with van der Waals surface area (Å²) in [4.78, 5) is 28.0. The third-order valence-electron chi connectivity index (χ3n) is 6.42. The molecule has 178 valence electrons. The molecule has 0 saturated carbocycles. The minimum absolute atomic E-state index is 0.0579. The molecule has 2 aliphatic heterocycles. The van der Waals surface area contributed by atoms with E-state index < -0.39 is 17.7 Å². The molecule has 1 saturated heterocycles. The van der Waals surface area contributed by atoms with Crippen LogP contribution in [0.2, 0.25) is 5.02 Å². The van der Waals surface area contributed by atoms with Gasteiger partial charge in [0.2, 0.25) is 0 Å². The lowest BCUT2D eigenvalue weighted by molar-refractivity contribution is -0.140. The predicted molar refractivity (Wildman–Crippen MR) is 133 cm³/mol. The topological polar surface area (TPSA) is 76.1 Å². The van der Waals surface area contributed by atoms with Crippen LogP contribution in [0.25, 0.3) is 5.76 Å². The number of aliphatic hydroxyl groups is 1. The molecule has 5 rings (SSSR count). The number of aryl methyl sites for hydroxylation is 1. The van der Waals surface area contributed by atoms with Crippen molar-refractivity contribution in [3.8, 4) is 11.5 Å². The number of carbonyl (C=O) groups is 2. The summed E-state index contributed by atoms with van der Waals surface area (Å²) < 4.78 is 10.9. The van der Waals surface area contributed by atoms with Crippen molar-refractivity contribution in [2.45, 2.75) is 25.4 Å². The normalized spacial score (nSPS) is 18.8. The molecular formula is C28H24ClNO5. The van der Waals surface area contributed by atoms with Gasteiger partial charge in [-0.25, -0.2) is 0 Å². The summed E-state index contributed by atoms with van der Waals surface area (Å²) in [6.07, 6.45) is 1.71. The summed E-state index contributed by atoms with van der Waals surface area (Å²) in [5.41, 5.74) is 3.02. The fraction of sp³-hybridized carbons (Fsp3) is 0.214. The molecule has 0 bridgehead atoms. The number of Topliss-reactive ketones (excluding diaryl/α,β-unsaturated/α-hetero) is 1. The number of amides is 1. The van der Waals surface area contributed by atoms with Crippen LogP contribution in [0.4, 0.5) is 0 Å². The molecule has 1 atom stereocenters. The SMILES string of the molecule is COc1ccc(CN2C(=O)C(=O)/C(=C(\O)c3ccc4c(c3)CCCO4)C2c2ccc(Cl)cc2)cc1. The maximum atomic E-state index is 13.3. The van der Waals surface area contributed by atoms with Crippen LogP contribution in [0.15, 0.2) is 72.3 Å². The minimum atomic E-state index is -0.762. The van der Waals surface area contributed by atoms with E-state index in [0.717, 1.165) is 29.7 Å². The number of benzene rings is 3. The Labute approximate surface area is 208 Å². The van der Waals surface area contributed by atoms with E-state index in [9.17, 15) is 14.7 Å². The first-order valence-electron chi connectivity index (χ1n) is 11.4. The number of hydrogen-bond acceptors (Lipinski definition) is 5. The number of fused-ring (bicyclic) bond motifs is 1. The number of carbonyl (C=O) groups excluding carboxylic acids is 2. The Morgan fingerprint density at radius 1 is 1.09 bits per heavy atom. The first-order valence-corrected chi connectivity index (χ1v) is 11.8. The lowest BCUT2D eigenvalue weighted by Gasteiger charge is -2.26. The van der Waals surface area contributed by atoms with Crippen LogP contribution in [-0.2, 0) is 22.6 Å². The zero-order valence-corrected chi connectivity index (χ0v) is 19.9. The van der Waals surface area contributed by atoms with Crippen molar-refractivity contribution in [2.75, 3.05) is 13.7 Å². The summed E-state index contributed by atoms with van der Waals surface area (Å²) in [6, 6.07) is 18.9. The zero-order chi connectivity index (χ0) is 24.5. The average molecular weight is 490 g/mol. The molecule has 1 fully saturated rings. The Morgan fingerprint density at radius 3 is 2.54 bits per heavy atom. The quantitative estimate of drug-likeness (QED) is 0.299. The monoisotopic (exact) mass is 489 g/mol. The van der Waals surface area contributed by atoms with Crippen LogP contribution in [0.5, 0.6) is 11.5 Å². The van der Waals surface area contributed by atoms with Gasteiger partial charge in [0.25, 0.3) is 11.7 Å². The van der Waals surface area contributed by atoms with Gasteiger partial charge < -0.3 is 19.5 Å². The standard InChI is InChI=1S/C28H24ClNO5/c1-34-22-11-4-17(5-12-22)16-30-25(18-6-9-21(29)10-7-18)24(27(32)28(30)33)26(31)20-8-13-23-19(15-20)3-2-14-35-23/h4-13,15,25,31H,2-3,14,16H2,1H3/b26-24-. The van der Waals surface area contributed by atoms with E-state index >= 15 is 0 Å². The molecular weight excluding hydrogens is 466 g/mol. The van der Waals surface area contributed by atoms with E-state index in [1.54, 1.807) is 55.6 Å². The highest BCUT2D eigenvalue weighted by atomic mass is 35.5. The molecule has 1 amide bonds. The highest BCUT2D eigenvalue weighted by Gasteiger charge is 2.46. The van der Waals surface area contributed by atoms with Crippen LogP contribution in [0.3, 0.4) is 0 Å². The lowest BCUT2D eigenvalue weighted by atomic mass is 9.94. The van der Waals surface area contributed by atoms with Crippen molar-refractivity contribution < 1.29 is 24.2 Å². The molecule has 35 heavy (non-hydrogen) atoms. The van der Waals surface area contributed by atoms with Crippen LogP contribution in [-0.4, -0.2) is 35.4 Å². The second-order valence-electron chi connectivity index (χ2n) is 8.60. The number of methoxy groups -OCH3 is 1. The number of hydrogen-bond donors (Lipinski definition) is 1. The largest absolute Gasteiger partial charge is 0.507 e. The lowest BCUT2D eigenvalue weighted by Crippen LogP contribution is -2.29. The molecule has 0 aliphatic carbocycles. The number of rotatable bonds is 5. The summed E-state index contributed by atoms with van der Waals surface area (Å²) in [7, 11) is 1.58. The zero-order valence-electron chi connectivity index (χ0n) is 19.2. The van der Waals surface area contributed by atoms with E-state index in [0.29, 0.717) is 28.5 Å². The molecule has 2 aliphatic rings. The molecule has 3 aromatic rings. The Hall–Kier alpha value is -3.77. The molecule has 2 heterocycles. The molecule has 0 aromatic heterocycles. The average Bonchev–Trinajstić information content (AvgIpc) is 3.13. The van der Waals surface area contributed by atoms with E-state index in [2.05, 4.69) is 0 Å². The van der Waals surface area contributed by atoms with E-state index in [1.165, 1.54) is 4.90 Å². The smallest absolute Gasteiger partial charge is 0.295 e. The Balaban J connectivity index is 1.60. The number of nitrogens with zero attached hydrogens (tertiary/aromatic N) is 1. The number of ether oxygens (including phenoxy) is 2. The summed E-state index contributed by atoms with van der Waals surface area (Å²) in [5, 5.41) is 11.9. The van der Waals surface area contributed by atoms with Gasteiger partial charge in [0.15, 0.2) is 0 Å². The minimum Gasteiger partial charge on any atom is -0.507 e. The van der Waals surface area contributed by atoms with Gasteiger partial charge in [-0.3, -0.25) is 9.59 Å². The maximum absolute atomic E-state index is 13.3. The van der Waals surface area contributed by atoms with E-state index in [4.69, 9.17) is 21.1 Å². The van der Waals surface area contributed by atoms with Crippen molar-refractivity contribution in [1.29, 1.82) is 0 Å². The number of halogens is 1. The van der Waals surface area contributed by atoms with Crippen molar-refractivity contribution in [3.63, 3.8) is 0 Å². The second kappa shape index (κ2) is 9.47. The molecule has 0 radical (unpaired) electrons.